The molecule has 0 aliphatic carbocycles. The highest BCUT2D eigenvalue weighted by Gasteiger charge is 2.07. The van der Waals surface area contributed by atoms with Crippen LogP contribution in [0.25, 0.3) is 0 Å². The molecule has 0 spiro atoms. The minimum absolute atomic E-state index is 0.00672. The predicted octanol–water partition coefficient (Wildman–Crippen LogP) is 5.78. The number of aryl methyl sites for hydroxylation is 1. The Kier molecular flexibility index (Phi) is 5.40. The highest BCUT2D eigenvalue weighted by molar-refractivity contribution is 6.36. The van der Waals surface area contributed by atoms with Gasteiger partial charge in [0.15, 0.2) is 5.78 Å². The monoisotopic (exact) mass is 386 g/mol. The number of anilines is 4. The molecule has 0 aliphatic heterocycles. The molecule has 2 N–H and O–H groups in total. The van der Waals surface area contributed by atoms with Gasteiger partial charge in [0.2, 0.25) is 5.95 Å². The number of ketones is 1. The zero-order chi connectivity index (χ0) is 18.7. The van der Waals surface area contributed by atoms with Crippen molar-refractivity contribution in [1.29, 1.82) is 0 Å². The van der Waals surface area contributed by atoms with Gasteiger partial charge in [-0.05, 0) is 44.2 Å². The van der Waals surface area contributed by atoms with Gasteiger partial charge in [-0.2, -0.15) is 4.98 Å². The number of nitrogens with one attached hydrogen (secondary N) is 2. The Morgan fingerprint density at radius 2 is 1.81 bits per heavy atom. The number of rotatable bonds is 5. The Morgan fingerprint density at radius 1 is 1.00 bits per heavy atom. The van der Waals surface area contributed by atoms with Crippen LogP contribution in [0.15, 0.2) is 48.5 Å². The number of hydrogen-bond acceptors (Lipinski definition) is 5. The zero-order valence-electron chi connectivity index (χ0n) is 14.2. The summed E-state index contributed by atoms with van der Waals surface area (Å²) in [5.41, 5.74) is 2.84. The van der Waals surface area contributed by atoms with Crippen LogP contribution in [0.5, 0.6) is 0 Å². The first-order chi connectivity index (χ1) is 12.4. The van der Waals surface area contributed by atoms with Crippen LogP contribution >= 0.6 is 23.2 Å². The normalized spacial score (nSPS) is 10.5. The van der Waals surface area contributed by atoms with E-state index in [2.05, 4.69) is 20.6 Å². The molecule has 1 aromatic heterocycles. The molecule has 3 rings (SSSR count). The summed E-state index contributed by atoms with van der Waals surface area (Å²) in [6, 6.07) is 14.2. The van der Waals surface area contributed by atoms with Crippen molar-refractivity contribution in [2.24, 2.45) is 0 Å². The second-order valence-electron chi connectivity index (χ2n) is 5.73. The SMILES string of the molecule is CC(=O)c1cccc(Nc2cc(C)nc(Nc3ccc(Cl)cc3Cl)n2)c1. The Hall–Kier alpha value is -2.63. The van der Waals surface area contributed by atoms with E-state index < -0.39 is 0 Å². The largest absolute Gasteiger partial charge is 0.340 e. The van der Waals surface area contributed by atoms with E-state index in [1.807, 2.05) is 25.1 Å². The van der Waals surface area contributed by atoms with E-state index in [9.17, 15) is 4.79 Å². The number of Topliss-reactive ketones (excluding diaryl/α,β-unsaturated/α-hetero) is 1. The molecule has 7 heteroatoms. The highest BCUT2D eigenvalue weighted by Crippen LogP contribution is 2.28. The third kappa shape index (κ3) is 4.50. The van der Waals surface area contributed by atoms with Crippen LogP contribution < -0.4 is 10.6 Å². The lowest BCUT2D eigenvalue weighted by molar-refractivity contribution is 0.101. The van der Waals surface area contributed by atoms with Gasteiger partial charge < -0.3 is 10.6 Å². The number of carbonyl (C=O) groups excluding carboxylic acids is 1. The smallest absolute Gasteiger partial charge is 0.229 e. The third-order valence-corrected chi connectivity index (χ3v) is 4.12. The molecule has 0 amide bonds. The van der Waals surface area contributed by atoms with Crippen molar-refractivity contribution in [3.63, 3.8) is 0 Å². The van der Waals surface area contributed by atoms with Crippen molar-refractivity contribution in [3.05, 3.63) is 69.8 Å². The minimum Gasteiger partial charge on any atom is -0.340 e. The van der Waals surface area contributed by atoms with Crippen LogP contribution in [0, 0.1) is 6.92 Å². The second kappa shape index (κ2) is 7.72. The van der Waals surface area contributed by atoms with Crippen molar-refractivity contribution < 1.29 is 4.79 Å². The average Bonchev–Trinajstić information content (AvgIpc) is 2.57. The Morgan fingerprint density at radius 3 is 2.54 bits per heavy atom. The summed E-state index contributed by atoms with van der Waals surface area (Å²) < 4.78 is 0. The van der Waals surface area contributed by atoms with Gasteiger partial charge in [-0.3, -0.25) is 4.79 Å². The van der Waals surface area contributed by atoms with Crippen molar-refractivity contribution in [2.75, 3.05) is 10.6 Å². The van der Waals surface area contributed by atoms with Crippen LogP contribution in [0.3, 0.4) is 0 Å². The van der Waals surface area contributed by atoms with Gasteiger partial charge in [0.1, 0.15) is 5.82 Å². The van der Waals surface area contributed by atoms with Crippen molar-refractivity contribution >= 4 is 52.1 Å². The fourth-order valence-corrected chi connectivity index (χ4v) is 2.82. The number of nitrogens with zero attached hydrogens (tertiary/aromatic N) is 2. The maximum Gasteiger partial charge on any atom is 0.229 e. The van der Waals surface area contributed by atoms with E-state index in [-0.39, 0.29) is 5.78 Å². The number of carbonyl (C=O) groups is 1. The Bertz CT molecular complexity index is 976. The van der Waals surface area contributed by atoms with E-state index in [0.29, 0.717) is 33.1 Å². The molecule has 0 radical (unpaired) electrons. The van der Waals surface area contributed by atoms with Gasteiger partial charge in [0, 0.05) is 28.0 Å². The maximum atomic E-state index is 11.5. The van der Waals surface area contributed by atoms with Gasteiger partial charge in [-0.15, -0.1) is 0 Å². The Balaban J connectivity index is 1.85. The first-order valence-electron chi connectivity index (χ1n) is 7.86. The molecule has 0 saturated carbocycles. The lowest BCUT2D eigenvalue weighted by atomic mass is 10.1. The molecule has 0 saturated heterocycles. The minimum atomic E-state index is 0.00672. The van der Waals surface area contributed by atoms with Gasteiger partial charge in [-0.25, -0.2) is 4.98 Å². The first-order valence-corrected chi connectivity index (χ1v) is 8.62. The van der Waals surface area contributed by atoms with E-state index >= 15 is 0 Å². The third-order valence-electron chi connectivity index (χ3n) is 3.57. The van der Waals surface area contributed by atoms with Crippen LogP contribution in [0.4, 0.5) is 23.1 Å². The van der Waals surface area contributed by atoms with E-state index in [1.54, 1.807) is 30.3 Å². The molecule has 2 aromatic carbocycles. The number of halogens is 2. The first kappa shape index (κ1) is 18.2. The van der Waals surface area contributed by atoms with Crippen molar-refractivity contribution in [1.82, 2.24) is 9.97 Å². The fraction of sp³-hybridized carbons (Fsp3) is 0.105. The van der Waals surface area contributed by atoms with Gasteiger partial charge in [-0.1, -0.05) is 35.3 Å². The van der Waals surface area contributed by atoms with Gasteiger partial charge >= 0.3 is 0 Å². The van der Waals surface area contributed by atoms with Crippen LogP contribution in [0.2, 0.25) is 10.0 Å². The molecular formula is C19H16Cl2N4O. The topological polar surface area (TPSA) is 66.9 Å². The molecule has 132 valence electrons. The fourth-order valence-electron chi connectivity index (χ4n) is 2.36. The van der Waals surface area contributed by atoms with Crippen molar-refractivity contribution in [2.45, 2.75) is 13.8 Å². The number of aromatic nitrogens is 2. The molecule has 26 heavy (non-hydrogen) atoms. The number of hydrogen-bond donors (Lipinski definition) is 2. The molecule has 0 bridgehead atoms. The van der Waals surface area contributed by atoms with E-state index in [0.717, 1.165) is 11.4 Å². The van der Waals surface area contributed by atoms with E-state index in [1.165, 1.54) is 6.92 Å². The molecular weight excluding hydrogens is 371 g/mol. The molecule has 0 aliphatic rings. The summed E-state index contributed by atoms with van der Waals surface area (Å²) >= 11 is 12.1. The molecule has 5 nitrogen and oxygen atoms in total. The van der Waals surface area contributed by atoms with Crippen molar-refractivity contribution in [3.8, 4) is 0 Å². The summed E-state index contributed by atoms with van der Waals surface area (Å²) in [6.07, 6.45) is 0. The molecule has 0 fully saturated rings. The standard InChI is InChI=1S/C19H16Cl2N4O/c1-11-8-18(23-15-5-3-4-13(9-15)12(2)26)25-19(22-11)24-17-7-6-14(20)10-16(17)21/h3-10H,1-2H3,(H2,22,23,24,25). The van der Waals surface area contributed by atoms with E-state index in [4.69, 9.17) is 23.2 Å². The Labute approximate surface area is 161 Å². The number of benzene rings is 2. The summed E-state index contributed by atoms with van der Waals surface area (Å²) in [5, 5.41) is 7.31. The lowest BCUT2D eigenvalue weighted by Gasteiger charge is -2.11. The maximum absolute atomic E-state index is 11.5. The average molecular weight is 387 g/mol. The van der Waals surface area contributed by atoms with Gasteiger partial charge in [0.25, 0.3) is 0 Å². The lowest BCUT2D eigenvalue weighted by Crippen LogP contribution is -2.03. The zero-order valence-corrected chi connectivity index (χ0v) is 15.7. The quantitative estimate of drug-likeness (QED) is 0.543. The van der Waals surface area contributed by atoms with Gasteiger partial charge in [0.05, 0.1) is 10.7 Å². The molecule has 3 aromatic rings. The van der Waals surface area contributed by atoms with Crippen LogP contribution in [-0.4, -0.2) is 15.8 Å². The highest BCUT2D eigenvalue weighted by atomic mass is 35.5. The second-order valence-corrected chi connectivity index (χ2v) is 6.57. The summed E-state index contributed by atoms with van der Waals surface area (Å²) in [7, 11) is 0. The molecule has 0 unspecified atom stereocenters. The predicted molar refractivity (Wildman–Crippen MR) is 106 cm³/mol. The molecule has 1 heterocycles. The van der Waals surface area contributed by atoms with Crippen LogP contribution in [-0.2, 0) is 0 Å². The summed E-state index contributed by atoms with van der Waals surface area (Å²) in [4.78, 5) is 20.4. The van der Waals surface area contributed by atoms with Crippen LogP contribution in [0.1, 0.15) is 23.0 Å². The summed E-state index contributed by atoms with van der Waals surface area (Å²) in [6.45, 7) is 3.40. The summed E-state index contributed by atoms with van der Waals surface area (Å²) in [5.74, 6) is 1.01. The molecule has 0 atom stereocenters.